The van der Waals surface area contributed by atoms with E-state index in [1.54, 1.807) is 55.8 Å². The van der Waals surface area contributed by atoms with E-state index >= 15 is 0 Å². The molecule has 1 heterocycles. The van der Waals surface area contributed by atoms with Crippen LogP contribution in [0.25, 0.3) is 0 Å². The van der Waals surface area contributed by atoms with E-state index in [9.17, 15) is 13.8 Å². The Morgan fingerprint density at radius 3 is 2.38 bits per heavy atom. The number of rotatable bonds is 3. The predicted octanol–water partition coefficient (Wildman–Crippen LogP) is 3.86. The lowest BCUT2D eigenvalue weighted by molar-refractivity contribution is 0.0607. The van der Waals surface area contributed by atoms with E-state index in [0.717, 1.165) is 0 Å². The second-order valence-electron chi connectivity index (χ2n) is 5.85. The molecule has 2 rings (SSSR count). The Balaban J connectivity index is 2.41. The molecular formula is C16H18N2O4S2. The number of nitrogens with one attached hydrogen (secondary N) is 1. The molecule has 0 bridgehead atoms. The second kappa shape index (κ2) is 7.14. The monoisotopic (exact) mass is 366 g/mol. The Labute approximate surface area is 145 Å². The molecule has 0 aliphatic rings. The standard InChI is InChI=1S/C16H18N2O4S2/c1-16(2,3)22-15(20)18-24(21,13-7-5-4-6-8-13)17-14(19)12-9-10-23-11-12/h4-11H,1-3H3,(H,17,18,19,20,21). The Morgan fingerprint density at radius 1 is 1.17 bits per heavy atom. The largest absolute Gasteiger partial charge is 0.444 e. The van der Waals surface area contributed by atoms with E-state index in [1.165, 1.54) is 23.5 Å². The van der Waals surface area contributed by atoms with Gasteiger partial charge in [0.1, 0.15) is 5.60 Å². The second-order valence-corrected chi connectivity index (χ2v) is 8.54. The number of carbonyl (C=O) groups excluding carboxylic acids is 2. The smallest absolute Gasteiger partial charge is 0.442 e. The van der Waals surface area contributed by atoms with Crippen molar-refractivity contribution in [1.82, 2.24) is 4.72 Å². The molecule has 2 aromatic rings. The van der Waals surface area contributed by atoms with Gasteiger partial charge in [-0.05, 0) is 44.4 Å². The van der Waals surface area contributed by atoms with Crippen molar-refractivity contribution >= 4 is 33.3 Å². The zero-order valence-electron chi connectivity index (χ0n) is 13.5. The highest BCUT2D eigenvalue weighted by Crippen LogP contribution is 2.16. The van der Waals surface area contributed by atoms with Crippen molar-refractivity contribution < 1.29 is 18.5 Å². The maximum Gasteiger partial charge on any atom is 0.444 e. The molecule has 0 spiro atoms. The van der Waals surface area contributed by atoms with E-state index in [1.807, 2.05) is 0 Å². The number of benzene rings is 1. The first kappa shape index (κ1) is 18.2. The number of nitrogens with zero attached hydrogens (tertiary/aromatic N) is 1. The first-order valence-corrected chi connectivity index (χ1v) is 9.55. The van der Waals surface area contributed by atoms with Crippen LogP contribution >= 0.6 is 11.3 Å². The molecule has 1 unspecified atom stereocenters. The normalized spacial score (nSPS) is 13.6. The molecule has 0 saturated heterocycles. The lowest BCUT2D eigenvalue weighted by atomic mass is 10.2. The lowest BCUT2D eigenvalue weighted by Gasteiger charge is -2.18. The average Bonchev–Trinajstić information content (AvgIpc) is 3.00. The lowest BCUT2D eigenvalue weighted by Crippen LogP contribution is -2.32. The average molecular weight is 366 g/mol. The fourth-order valence-electron chi connectivity index (χ4n) is 1.70. The van der Waals surface area contributed by atoms with Crippen molar-refractivity contribution in [2.45, 2.75) is 31.3 Å². The van der Waals surface area contributed by atoms with Crippen LogP contribution in [0.15, 0.2) is 56.4 Å². The SMILES string of the molecule is CC(C)(C)OC(=O)N=S(=O)(NC(=O)c1ccsc1)c1ccccc1. The molecule has 128 valence electrons. The summed E-state index contributed by atoms with van der Waals surface area (Å²) in [6.45, 7) is 5.03. The van der Waals surface area contributed by atoms with E-state index in [4.69, 9.17) is 4.74 Å². The molecule has 1 aromatic heterocycles. The van der Waals surface area contributed by atoms with E-state index in [2.05, 4.69) is 9.08 Å². The first-order chi connectivity index (χ1) is 11.2. The van der Waals surface area contributed by atoms with Crippen molar-refractivity contribution in [3.63, 3.8) is 0 Å². The summed E-state index contributed by atoms with van der Waals surface area (Å²) < 4.78 is 24.3. The summed E-state index contributed by atoms with van der Waals surface area (Å²) in [7, 11) is -3.51. The van der Waals surface area contributed by atoms with E-state index < -0.39 is 27.5 Å². The van der Waals surface area contributed by atoms with Crippen LogP contribution in [0.3, 0.4) is 0 Å². The summed E-state index contributed by atoms with van der Waals surface area (Å²) in [6, 6.07) is 9.69. The van der Waals surface area contributed by atoms with Crippen LogP contribution in [0.5, 0.6) is 0 Å². The van der Waals surface area contributed by atoms with Crippen molar-refractivity contribution in [3.05, 3.63) is 52.7 Å². The number of carbonyl (C=O) groups is 2. The van der Waals surface area contributed by atoms with Crippen LogP contribution < -0.4 is 4.72 Å². The zero-order chi connectivity index (χ0) is 17.8. The molecular weight excluding hydrogens is 348 g/mol. The van der Waals surface area contributed by atoms with Crippen molar-refractivity contribution in [3.8, 4) is 0 Å². The summed E-state index contributed by atoms with van der Waals surface area (Å²) in [5, 5.41) is 3.35. The highest BCUT2D eigenvalue weighted by Gasteiger charge is 2.22. The molecule has 2 amide bonds. The fourth-order valence-corrected chi connectivity index (χ4v) is 3.75. The zero-order valence-corrected chi connectivity index (χ0v) is 15.1. The molecule has 6 nitrogen and oxygen atoms in total. The molecule has 0 fully saturated rings. The quantitative estimate of drug-likeness (QED) is 0.894. The molecule has 8 heteroatoms. The molecule has 1 N–H and O–H groups in total. The highest BCUT2D eigenvalue weighted by atomic mass is 32.2. The van der Waals surface area contributed by atoms with Crippen LogP contribution in [0.2, 0.25) is 0 Å². The third-order valence-corrected chi connectivity index (χ3v) is 5.14. The van der Waals surface area contributed by atoms with Crippen molar-refractivity contribution in [1.29, 1.82) is 0 Å². The van der Waals surface area contributed by atoms with E-state index in [-0.39, 0.29) is 4.90 Å². The van der Waals surface area contributed by atoms with E-state index in [0.29, 0.717) is 5.56 Å². The van der Waals surface area contributed by atoms with Gasteiger partial charge in [0.25, 0.3) is 5.91 Å². The molecule has 0 aliphatic heterocycles. The number of hydrogen-bond acceptors (Lipinski definition) is 5. The Bertz CT molecular complexity index is 831. The van der Waals surface area contributed by atoms with Crippen molar-refractivity contribution in [2.24, 2.45) is 4.36 Å². The van der Waals surface area contributed by atoms with Gasteiger partial charge in [-0.2, -0.15) is 11.3 Å². The van der Waals surface area contributed by atoms with Crippen LogP contribution in [0.1, 0.15) is 31.1 Å². The first-order valence-electron chi connectivity index (χ1n) is 7.09. The van der Waals surface area contributed by atoms with Crippen LogP contribution in [0.4, 0.5) is 4.79 Å². The predicted molar refractivity (Wildman–Crippen MR) is 93.3 cm³/mol. The summed E-state index contributed by atoms with van der Waals surface area (Å²) in [4.78, 5) is 24.5. The maximum absolute atomic E-state index is 13.2. The number of amides is 2. The third kappa shape index (κ3) is 4.90. The van der Waals surface area contributed by atoms with Gasteiger partial charge in [-0.3, -0.25) is 9.52 Å². The Morgan fingerprint density at radius 2 is 1.83 bits per heavy atom. The molecule has 1 atom stereocenters. The van der Waals surface area contributed by atoms with Gasteiger partial charge in [0.15, 0.2) is 9.92 Å². The van der Waals surface area contributed by atoms with Gasteiger partial charge in [-0.25, -0.2) is 9.00 Å². The molecule has 1 aromatic carbocycles. The summed E-state index contributed by atoms with van der Waals surface area (Å²) in [6.07, 6.45) is -0.998. The fraction of sp³-hybridized carbons (Fsp3) is 0.250. The summed E-state index contributed by atoms with van der Waals surface area (Å²) >= 11 is 1.34. The van der Waals surface area contributed by atoms with Crippen LogP contribution in [-0.4, -0.2) is 21.8 Å². The van der Waals surface area contributed by atoms with Crippen molar-refractivity contribution in [2.75, 3.05) is 0 Å². The van der Waals surface area contributed by atoms with Gasteiger partial charge >= 0.3 is 6.09 Å². The Hall–Kier alpha value is -2.19. The number of hydrogen-bond donors (Lipinski definition) is 1. The topological polar surface area (TPSA) is 84.8 Å². The number of ether oxygens (including phenoxy) is 1. The van der Waals surface area contributed by atoms with Gasteiger partial charge in [0.2, 0.25) is 0 Å². The minimum atomic E-state index is -3.51. The Kier molecular flexibility index (Phi) is 5.40. The maximum atomic E-state index is 13.2. The van der Waals surface area contributed by atoms with Gasteiger partial charge in [-0.1, -0.05) is 18.2 Å². The minimum Gasteiger partial charge on any atom is -0.442 e. The molecule has 0 saturated carbocycles. The highest BCUT2D eigenvalue weighted by molar-refractivity contribution is 7.92. The van der Waals surface area contributed by atoms with Gasteiger partial charge in [0, 0.05) is 5.38 Å². The van der Waals surface area contributed by atoms with Gasteiger partial charge in [0.05, 0.1) is 10.5 Å². The van der Waals surface area contributed by atoms with Crippen LogP contribution in [-0.2, 0) is 14.7 Å². The van der Waals surface area contributed by atoms with Gasteiger partial charge < -0.3 is 4.74 Å². The van der Waals surface area contributed by atoms with Crippen LogP contribution in [0, 0.1) is 0 Å². The molecule has 24 heavy (non-hydrogen) atoms. The molecule has 0 aliphatic carbocycles. The number of thiophene rings is 1. The summed E-state index contributed by atoms with van der Waals surface area (Å²) in [5.74, 6) is -0.572. The minimum absolute atomic E-state index is 0.222. The third-order valence-electron chi connectivity index (χ3n) is 2.67. The van der Waals surface area contributed by atoms with Gasteiger partial charge in [-0.15, -0.1) is 4.36 Å². The molecule has 0 radical (unpaired) electrons. The summed E-state index contributed by atoms with van der Waals surface area (Å²) in [5.41, 5.74) is -0.433.